The molecule has 2 aromatic rings. The van der Waals surface area contributed by atoms with E-state index >= 15 is 0 Å². The number of rotatable bonds is 5. The van der Waals surface area contributed by atoms with E-state index in [1.807, 2.05) is 23.1 Å². The number of nitro benzene ring substituents is 1. The number of nitrogens with zero attached hydrogens (tertiary/aromatic N) is 3. The highest BCUT2D eigenvalue weighted by Crippen LogP contribution is 2.36. The van der Waals surface area contributed by atoms with Crippen LogP contribution in [0.1, 0.15) is 48.9 Å². The lowest BCUT2D eigenvalue weighted by atomic mass is 10.1. The number of amides is 1. The first-order chi connectivity index (χ1) is 16.4. The molecule has 2 fully saturated rings. The van der Waals surface area contributed by atoms with Gasteiger partial charge in [-0.15, -0.1) is 0 Å². The second kappa shape index (κ2) is 11.0. The molecule has 0 unspecified atom stereocenters. The molecule has 0 aromatic heterocycles. The van der Waals surface area contributed by atoms with E-state index in [4.69, 9.17) is 23.8 Å². The molecular weight excluding hydrogens is 474 g/mol. The van der Waals surface area contributed by atoms with Gasteiger partial charge in [-0.25, -0.2) is 0 Å². The molecular formula is C24H28ClN5O3S. The average molecular weight is 502 g/mol. The number of thiocarbonyl (C=S) groups is 1. The number of nitrogens with one attached hydrogen (secondary N) is 2. The largest absolute Gasteiger partial charge is 0.369 e. The number of hydrogen-bond donors (Lipinski definition) is 2. The Morgan fingerprint density at radius 2 is 1.62 bits per heavy atom. The maximum Gasteiger partial charge on any atom is 0.293 e. The van der Waals surface area contributed by atoms with Crippen molar-refractivity contribution in [1.82, 2.24) is 5.32 Å². The van der Waals surface area contributed by atoms with Crippen LogP contribution in [0.15, 0.2) is 36.4 Å². The normalized spacial score (nSPS) is 16.1. The average Bonchev–Trinajstić information content (AvgIpc) is 2.84. The fourth-order valence-electron chi connectivity index (χ4n) is 4.60. The minimum Gasteiger partial charge on any atom is -0.369 e. The molecule has 0 spiro atoms. The van der Waals surface area contributed by atoms with E-state index < -0.39 is 10.8 Å². The summed E-state index contributed by atoms with van der Waals surface area (Å²) in [6, 6.07) is 10.1. The van der Waals surface area contributed by atoms with Gasteiger partial charge < -0.3 is 15.1 Å². The molecule has 10 heteroatoms. The number of nitro groups is 1. The van der Waals surface area contributed by atoms with Crippen LogP contribution >= 0.6 is 23.8 Å². The zero-order valence-electron chi connectivity index (χ0n) is 18.9. The van der Waals surface area contributed by atoms with Crippen molar-refractivity contribution in [2.24, 2.45) is 0 Å². The second-order valence-electron chi connectivity index (χ2n) is 8.60. The van der Waals surface area contributed by atoms with Crippen molar-refractivity contribution >= 4 is 57.6 Å². The van der Waals surface area contributed by atoms with Crippen LogP contribution in [0.4, 0.5) is 22.7 Å². The monoisotopic (exact) mass is 501 g/mol. The number of carbonyl (C=O) groups excluding carboxylic acids is 1. The van der Waals surface area contributed by atoms with Crippen LogP contribution < -0.4 is 20.4 Å². The lowest BCUT2D eigenvalue weighted by Gasteiger charge is -2.31. The van der Waals surface area contributed by atoms with Crippen molar-refractivity contribution in [3.63, 3.8) is 0 Å². The molecule has 180 valence electrons. The maximum atomic E-state index is 12.8. The van der Waals surface area contributed by atoms with Gasteiger partial charge in [-0.1, -0.05) is 17.7 Å². The summed E-state index contributed by atoms with van der Waals surface area (Å²) in [5.41, 5.74) is 2.23. The Morgan fingerprint density at radius 3 is 2.26 bits per heavy atom. The smallest absolute Gasteiger partial charge is 0.293 e. The number of carbonyl (C=O) groups is 1. The van der Waals surface area contributed by atoms with E-state index in [2.05, 4.69) is 15.5 Å². The SMILES string of the molecule is O=C(NC(=S)Nc1cccc(Cl)c1N1CCCCC1)c1ccc(N2CCCCC2)c([N+](=O)[O-])c1. The lowest BCUT2D eigenvalue weighted by molar-refractivity contribution is -0.384. The summed E-state index contributed by atoms with van der Waals surface area (Å²) in [5.74, 6) is -0.507. The topological polar surface area (TPSA) is 90.8 Å². The Labute approximate surface area is 209 Å². The molecule has 2 N–H and O–H groups in total. The molecule has 0 bridgehead atoms. The zero-order chi connectivity index (χ0) is 24.1. The summed E-state index contributed by atoms with van der Waals surface area (Å²) in [4.78, 5) is 28.4. The van der Waals surface area contributed by atoms with Crippen molar-refractivity contribution in [3.05, 3.63) is 57.1 Å². The van der Waals surface area contributed by atoms with Crippen LogP contribution in [-0.2, 0) is 0 Å². The summed E-state index contributed by atoms with van der Waals surface area (Å²) < 4.78 is 0. The third kappa shape index (κ3) is 5.59. The first-order valence-electron chi connectivity index (χ1n) is 11.6. The summed E-state index contributed by atoms with van der Waals surface area (Å²) >= 11 is 11.9. The second-order valence-corrected chi connectivity index (χ2v) is 9.42. The highest BCUT2D eigenvalue weighted by Gasteiger charge is 2.24. The minimum absolute atomic E-state index is 0.0735. The highest BCUT2D eigenvalue weighted by molar-refractivity contribution is 7.80. The van der Waals surface area contributed by atoms with E-state index in [1.165, 1.54) is 12.5 Å². The molecule has 34 heavy (non-hydrogen) atoms. The quantitative estimate of drug-likeness (QED) is 0.324. The molecule has 2 aromatic carbocycles. The van der Waals surface area contributed by atoms with Crippen LogP contribution in [0.25, 0.3) is 0 Å². The predicted molar refractivity (Wildman–Crippen MR) is 140 cm³/mol. The summed E-state index contributed by atoms with van der Waals surface area (Å²) in [7, 11) is 0. The minimum atomic E-state index is -0.507. The Kier molecular flexibility index (Phi) is 7.84. The van der Waals surface area contributed by atoms with Gasteiger partial charge in [0.15, 0.2) is 5.11 Å². The number of halogens is 1. The molecule has 2 heterocycles. The molecule has 2 saturated heterocycles. The van der Waals surface area contributed by atoms with Gasteiger partial charge in [-0.2, -0.15) is 0 Å². The first-order valence-corrected chi connectivity index (χ1v) is 12.4. The Morgan fingerprint density at radius 1 is 0.971 bits per heavy atom. The fourth-order valence-corrected chi connectivity index (χ4v) is 5.09. The first kappa shape index (κ1) is 24.2. The molecule has 4 rings (SSSR count). The van der Waals surface area contributed by atoms with Crippen molar-refractivity contribution in [2.75, 3.05) is 41.3 Å². The summed E-state index contributed by atoms with van der Waals surface area (Å²) in [6.07, 6.45) is 6.52. The summed E-state index contributed by atoms with van der Waals surface area (Å²) in [5, 5.41) is 18.2. The van der Waals surface area contributed by atoms with Gasteiger partial charge in [0.05, 0.1) is 21.3 Å². The number of benzene rings is 2. The van der Waals surface area contributed by atoms with Crippen LogP contribution in [0, 0.1) is 10.1 Å². The number of para-hydroxylation sites is 1. The number of piperidine rings is 2. The van der Waals surface area contributed by atoms with Crippen LogP contribution in [0.3, 0.4) is 0 Å². The molecule has 8 nitrogen and oxygen atoms in total. The van der Waals surface area contributed by atoms with Crippen molar-refractivity contribution in [2.45, 2.75) is 38.5 Å². The Hall–Kier alpha value is -2.91. The fraction of sp³-hybridized carbons (Fsp3) is 0.417. The van der Waals surface area contributed by atoms with Crippen molar-refractivity contribution < 1.29 is 9.72 Å². The molecule has 1 amide bonds. The van der Waals surface area contributed by atoms with Crippen LogP contribution in [0.2, 0.25) is 5.02 Å². The highest BCUT2D eigenvalue weighted by atomic mass is 35.5. The van der Waals surface area contributed by atoms with Gasteiger partial charge in [0.2, 0.25) is 0 Å². The third-order valence-corrected chi connectivity index (χ3v) is 6.77. The van der Waals surface area contributed by atoms with E-state index in [9.17, 15) is 14.9 Å². The van der Waals surface area contributed by atoms with Gasteiger partial charge in [0, 0.05) is 37.8 Å². The molecule has 0 atom stereocenters. The van der Waals surface area contributed by atoms with Crippen molar-refractivity contribution in [3.8, 4) is 0 Å². The lowest BCUT2D eigenvalue weighted by Crippen LogP contribution is -2.36. The van der Waals surface area contributed by atoms with Crippen molar-refractivity contribution in [1.29, 1.82) is 0 Å². The maximum absolute atomic E-state index is 12.8. The number of hydrogen-bond acceptors (Lipinski definition) is 6. The van der Waals surface area contributed by atoms with Crippen LogP contribution in [-0.4, -0.2) is 42.1 Å². The van der Waals surface area contributed by atoms with Gasteiger partial charge in [0.25, 0.3) is 11.6 Å². The number of anilines is 3. The molecule has 0 saturated carbocycles. The molecule has 0 radical (unpaired) electrons. The van der Waals surface area contributed by atoms with Gasteiger partial charge in [-0.05, 0) is 75.0 Å². The zero-order valence-corrected chi connectivity index (χ0v) is 20.5. The Bertz CT molecular complexity index is 1080. The van der Waals surface area contributed by atoms with Gasteiger partial charge >= 0.3 is 0 Å². The van der Waals surface area contributed by atoms with Crippen LogP contribution in [0.5, 0.6) is 0 Å². The van der Waals surface area contributed by atoms with Gasteiger partial charge in [0.1, 0.15) is 5.69 Å². The van der Waals surface area contributed by atoms with E-state index in [0.717, 1.165) is 64.0 Å². The van der Waals surface area contributed by atoms with E-state index in [-0.39, 0.29) is 16.4 Å². The third-order valence-electron chi connectivity index (χ3n) is 6.27. The standard InChI is InChI=1S/C24H28ClN5O3S/c25-18-8-7-9-19(22(18)29-14-5-2-6-15-29)26-24(34)27-23(31)17-10-11-20(21(16-17)30(32)33)28-12-3-1-4-13-28/h7-11,16H,1-6,12-15H2,(H2,26,27,31,34). The molecule has 0 aliphatic carbocycles. The van der Waals surface area contributed by atoms with E-state index in [1.54, 1.807) is 12.1 Å². The molecule has 2 aliphatic rings. The predicted octanol–water partition coefficient (Wildman–Crippen LogP) is 5.36. The van der Waals surface area contributed by atoms with E-state index in [0.29, 0.717) is 16.4 Å². The van der Waals surface area contributed by atoms with Gasteiger partial charge in [-0.3, -0.25) is 20.2 Å². The summed E-state index contributed by atoms with van der Waals surface area (Å²) in [6.45, 7) is 3.37. The molecule has 2 aliphatic heterocycles. The Balaban J connectivity index is 1.48.